The first kappa shape index (κ1) is 19.1. The summed E-state index contributed by atoms with van der Waals surface area (Å²) in [6, 6.07) is 17.3. The lowest BCUT2D eigenvalue weighted by Gasteiger charge is -2.10. The monoisotopic (exact) mass is 413 g/mol. The first-order chi connectivity index (χ1) is 13.9. The van der Waals surface area contributed by atoms with Crippen LogP contribution in [0.4, 0.5) is 13.2 Å². The topological polar surface area (TPSA) is 39.2 Å². The van der Waals surface area contributed by atoms with Gasteiger partial charge < -0.3 is 4.74 Å². The number of hydrogen-bond donors (Lipinski definition) is 0. The minimum Gasteiger partial charge on any atom is -0.457 e. The number of para-hydroxylation sites is 1. The van der Waals surface area contributed by atoms with E-state index >= 15 is 0 Å². The molecule has 2 heterocycles. The smallest absolute Gasteiger partial charge is 0.416 e. The molecule has 0 saturated carbocycles. The van der Waals surface area contributed by atoms with Crippen LogP contribution in [-0.2, 0) is 17.5 Å². The van der Waals surface area contributed by atoms with Gasteiger partial charge in [-0.2, -0.15) is 13.2 Å². The van der Waals surface area contributed by atoms with Gasteiger partial charge in [-0.1, -0.05) is 36.4 Å². The molecule has 0 saturated heterocycles. The highest BCUT2D eigenvalue weighted by Gasteiger charge is 2.30. The average molecular weight is 413 g/mol. The molecule has 0 unspecified atom stereocenters. The van der Waals surface area contributed by atoms with Crippen LogP contribution in [0.2, 0.25) is 0 Å². The van der Waals surface area contributed by atoms with E-state index in [-0.39, 0.29) is 6.61 Å². The molecule has 4 aromatic rings. The summed E-state index contributed by atoms with van der Waals surface area (Å²) in [6.45, 7) is -0.123. The van der Waals surface area contributed by atoms with Crippen molar-refractivity contribution < 1.29 is 22.7 Å². The number of carbonyl (C=O) groups is 1. The number of alkyl halides is 3. The molecule has 146 valence electrons. The predicted octanol–water partition coefficient (Wildman–Crippen LogP) is 6.34. The second-order valence-electron chi connectivity index (χ2n) is 6.32. The van der Waals surface area contributed by atoms with E-state index in [2.05, 4.69) is 4.98 Å². The van der Waals surface area contributed by atoms with Crippen LogP contribution >= 0.6 is 11.3 Å². The largest absolute Gasteiger partial charge is 0.457 e. The summed E-state index contributed by atoms with van der Waals surface area (Å²) in [7, 11) is 0. The van der Waals surface area contributed by atoms with Crippen molar-refractivity contribution in [3.63, 3.8) is 0 Å². The lowest BCUT2D eigenvalue weighted by molar-refractivity contribution is -0.137. The number of rotatable bonds is 4. The molecule has 2 aromatic carbocycles. The predicted molar refractivity (Wildman–Crippen MR) is 106 cm³/mol. The number of ether oxygens (including phenoxy) is 1. The quantitative estimate of drug-likeness (QED) is 0.367. The molecule has 0 aliphatic carbocycles. The highest BCUT2D eigenvalue weighted by atomic mass is 32.1. The van der Waals surface area contributed by atoms with Gasteiger partial charge >= 0.3 is 12.1 Å². The number of halogens is 3. The molecule has 0 amide bonds. The number of esters is 1. The molecular weight excluding hydrogens is 399 g/mol. The van der Waals surface area contributed by atoms with E-state index in [9.17, 15) is 18.0 Å². The van der Waals surface area contributed by atoms with Crippen molar-refractivity contribution in [2.45, 2.75) is 12.8 Å². The zero-order valence-corrected chi connectivity index (χ0v) is 15.8. The van der Waals surface area contributed by atoms with Gasteiger partial charge in [0.15, 0.2) is 0 Å². The average Bonchev–Trinajstić information content (AvgIpc) is 3.26. The maximum absolute atomic E-state index is 12.8. The van der Waals surface area contributed by atoms with E-state index in [0.29, 0.717) is 27.7 Å². The molecule has 0 N–H and O–H groups in total. The molecule has 2 aromatic heterocycles. The van der Waals surface area contributed by atoms with Crippen molar-refractivity contribution in [1.82, 2.24) is 4.98 Å². The number of hydrogen-bond acceptors (Lipinski definition) is 4. The van der Waals surface area contributed by atoms with Gasteiger partial charge in [0.2, 0.25) is 0 Å². The summed E-state index contributed by atoms with van der Waals surface area (Å²) in [6.07, 6.45) is -4.40. The van der Waals surface area contributed by atoms with Crippen LogP contribution in [-0.4, -0.2) is 11.0 Å². The fourth-order valence-electron chi connectivity index (χ4n) is 2.91. The van der Waals surface area contributed by atoms with E-state index in [1.807, 2.05) is 35.7 Å². The van der Waals surface area contributed by atoms with Gasteiger partial charge in [0.25, 0.3) is 0 Å². The van der Waals surface area contributed by atoms with Crippen LogP contribution in [0.3, 0.4) is 0 Å². The molecule has 4 rings (SSSR count). The first-order valence-electron chi connectivity index (χ1n) is 8.69. The van der Waals surface area contributed by atoms with E-state index in [1.165, 1.54) is 23.5 Å². The van der Waals surface area contributed by atoms with Gasteiger partial charge in [0.05, 0.1) is 27.2 Å². The standard InChI is InChI=1S/C22H14F3NO2S/c23-22(24,25)15-9-7-14(8-10-15)13-28-21(27)17-12-19(20-6-3-11-29-20)26-18-5-2-1-4-16(17)18/h1-12H,13H2. The van der Waals surface area contributed by atoms with Crippen LogP contribution in [0.25, 0.3) is 21.5 Å². The zero-order chi connectivity index (χ0) is 20.4. The van der Waals surface area contributed by atoms with Gasteiger partial charge in [0.1, 0.15) is 6.61 Å². The number of thiophene rings is 1. The molecule has 3 nitrogen and oxygen atoms in total. The Hall–Kier alpha value is -3.19. The van der Waals surface area contributed by atoms with Crippen LogP contribution in [0.5, 0.6) is 0 Å². The second-order valence-corrected chi connectivity index (χ2v) is 7.27. The second kappa shape index (κ2) is 7.67. The van der Waals surface area contributed by atoms with Crippen molar-refractivity contribution in [3.8, 4) is 10.6 Å². The molecule has 29 heavy (non-hydrogen) atoms. The van der Waals surface area contributed by atoms with Gasteiger partial charge in [-0.15, -0.1) is 11.3 Å². The zero-order valence-electron chi connectivity index (χ0n) is 14.9. The lowest BCUT2D eigenvalue weighted by atomic mass is 10.1. The lowest BCUT2D eigenvalue weighted by Crippen LogP contribution is -2.08. The number of pyridine rings is 1. The van der Waals surface area contributed by atoms with Gasteiger partial charge in [-0.05, 0) is 41.3 Å². The Morgan fingerprint density at radius 2 is 1.76 bits per heavy atom. The minimum absolute atomic E-state index is 0.123. The Morgan fingerprint density at radius 3 is 2.45 bits per heavy atom. The number of nitrogens with zero attached hydrogens (tertiary/aromatic N) is 1. The van der Waals surface area contributed by atoms with Crippen molar-refractivity contribution in [2.24, 2.45) is 0 Å². The normalized spacial score (nSPS) is 11.6. The number of aromatic nitrogens is 1. The molecule has 0 atom stereocenters. The van der Waals surface area contributed by atoms with Crippen LogP contribution in [0, 0.1) is 0 Å². The molecule has 0 bridgehead atoms. The third-order valence-electron chi connectivity index (χ3n) is 4.36. The minimum atomic E-state index is -4.40. The maximum Gasteiger partial charge on any atom is 0.416 e. The van der Waals surface area contributed by atoms with Crippen LogP contribution < -0.4 is 0 Å². The van der Waals surface area contributed by atoms with E-state index in [0.717, 1.165) is 17.0 Å². The number of carbonyl (C=O) groups excluding carboxylic acids is 1. The van der Waals surface area contributed by atoms with Gasteiger partial charge in [-0.25, -0.2) is 9.78 Å². The molecule has 0 radical (unpaired) electrons. The SMILES string of the molecule is O=C(OCc1ccc(C(F)(F)F)cc1)c1cc(-c2cccs2)nc2ccccc12. The molecule has 7 heteroatoms. The van der Waals surface area contributed by atoms with Gasteiger partial charge in [-0.3, -0.25) is 0 Å². The van der Waals surface area contributed by atoms with E-state index < -0.39 is 17.7 Å². The summed E-state index contributed by atoms with van der Waals surface area (Å²) in [5, 5.41) is 2.58. The third kappa shape index (κ3) is 4.14. The van der Waals surface area contributed by atoms with Crippen molar-refractivity contribution in [3.05, 3.63) is 88.8 Å². The summed E-state index contributed by atoms with van der Waals surface area (Å²) < 4.78 is 43.4. The van der Waals surface area contributed by atoms with E-state index in [1.54, 1.807) is 12.1 Å². The molecule has 0 spiro atoms. The fourth-order valence-corrected chi connectivity index (χ4v) is 3.60. The Kier molecular flexibility index (Phi) is 5.07. The van der Waals surface area contributed by atoms with Crippen LogP contribution in [0.15, 0.2) is 72.1 Å². The summed E-state index contributed by atoms with van der Waals surface area (Å²) in [4.78, 5) is 18.3. The summed E-state index contributed by atoms with van der Waals surface area (Å²) in [5.74, 6) is -0.554. The Bertz CT molecular complexity index is 1150. The third-order valence-corrected chi connectivity index (χ3v) is 5.25. The van der Waals surface area contributed by atoms with Crippen LogP contribution in [0.1, 0.15) is 21.5 Å². The molecule has 0 fully saturated rings. The maximum atomic E-state index is 12.8. The van der Waals surface area contributed by atoms with E-state index in [4.69, 9.17) is 4.74 Å². The fraction of sp³-hybridized carbons (Fsp3) is 0.0909. The highest BCUT2D eigenvalue weighted by molar-refractivity contribution is 7.13. The number of fused-ring (bicyclic) bond motifs is 1. The van der Waals surface area contributed by atoms with Crippen molar-refractivity contribution in [2.75, 3.05) is 0 Å². The Balaban J connectivity index is 1.60. The highest BCUT2D eigenvalue weighted by Crippen LogP contribution is 2.30. The molecule has 0 aliphatic rings. The summed E-state index contributed by atoms with van der Waals surface area (Å²) >= 11 is 1.51. The Labute approximate surface area is 168 Å². The molecule has 0 aliphatic heterocycles. The van der Waals surface area contributed by atoms with Crippen molar-refractivity contribution in [1.29, 1.82) is 0 Å². The Morgan fingerprint density at radius 1 is 1.00 bits per heavy atom. The van der Waals surface area contributed by atoms with Crippen molar-refractivity contribution >= 4 is 28.2 Å². The summed E-state index contributed by atoms with van der Waals surface area (Å²) in [5.41, 5.74) is 1.43. The first-order valence-corrected chi connectivity index (χ1v) is 9.57. The molecular formula is C22H14F3NO2S. The number of benzene rings is 2. The van der Waals surface area contributed by atoms with Gasteiger partial charge in [0, 0.05) is 5.39 Å².